The molecule has 4 aromatic rings. The molecule has 0 aliphatic carbocycles. The second-order valence-corrected chi connectivity index (χ2v) is 9.18. The van der Waals surface area contributed by atoms with Gasteiger partial charge in [-0.25, -0.2) is 22.7 Å². The molecule has 0 radical (unpaired) electrons. The van der Waals surface area contributed by atoms with Crippen LogP contribution in [0.15, 0.2) is 43.0 Å². The van der Waals surface area contributed by atoms with Gasteiger partial charge in [0, 0.05) is 23.9 Å². The fraction of sp³-hybridized carbons (Fsp3) is 0.240. The van der Waals surface area contributed by atoms with Crippen LogP contribution in [0.3, 0.4) is 0 Å². The number of nitrogens with one attached hydrogen (secondary N) is 1. The van der Waals surface area contributed by atoms with Gasteiger partial charge in [-0.3, -0.25) is 14.6 Å². The van der Waals surface area contributed by atoms with Crippen molar-refractivity contribution in [1.29, 1.82) is 0 Å². The van der Waals surface area contributed by atoms with E-state index in [0.29, 0.717) is 6.07 Å². The minimum atomic E-state index is -4.84. The molecule has 1 aliphatic heterocycles. The quantitative estimate of drug-likeness (QED) is 0.367. The number of halogens is 6. The van der Waals surface area contributed by atoms with E-state index in [9.17, 15) is 35.9 Å². The standard InChI is InChI=1S/C25H19F6N7O2/c1-11-15(23(39)36-19-9-37(8-18(19)28)24(40)13-2-14(26)7-33-6-13)3-12(4-17(11)27)20-5-16(25(29,30)31)21-22(32)34-10-35-38(20)21/h2-7,10,18-19H,8-9H2,1H3,(H,36,39)(H2,32,34,35)/t18-,19+/m0/s1. The first kappa shape index (κ1) is 26.9. The molecule has 1 aliphatic rings. The van der Waals surface area contributed by atoms with Crippen LogP contribution in [0.1, 0.15) is 31.8 Å². The summed E-state index contributed by atoms with van der Waals surface area (Å²) in [6.07, 6.45) is -3.59. The van der Waals surface area contributed by atoms with E-state index in [0.717, 1.165) is 46.3 Å². The number of hydrogen-bond acceptors (Lipinski definition) is 6. The molecule has 0 bridgehead atoms. The summed E-state index contributed by atoms with van der Waals surface area (Å²) < 4.78 is 85.2. The Labute approximate surface area is 221 Å². The summed E-state index contributed by atoms with van der Waals surface area (Å²) in [7, 11) is 0. The van der Waals surface area contributed by atoms with Crippen molar-refractivity contribution in [3.05, 3.63) is 76.9 Å². The van der Waals surface area contributed by atoms with E-state index < -0.39 is 65.3 Å². The van der Waals surface area contributed by atoms with Gasteiger partial charge in [0.05, 0.1) is 35.6 Å². The zero-order valence-electron chi connectivity index (χ0n) is 20.5. The molecule has 0 unspecified atom stereocenters. The Morgan fingerprint density at radius 2 is 1.85 bits per heavy atom. The number of pyridine rings is 1. The number of anilines is 1. The molecule has 2 amide bonds. The molecule has 3 N–H and O–H groups in total. The Balaban J connectivity index is 1.45. The van der Waals surface area contributed by atoms with Crippen molar-refractivity contribution in [3.63, 3.8) is 0 Å². The van der Waals surface area contributed by atoms with Crippen LogP contribution in [-0.2, 0) is 6.18 Å². The molecule has 4 heterocycles. The van der Waals surface area contributed by atoms with E-state index >= 15 is 0 Å². The van der Waals surface area contributed by atoms with Crippen LogP contribution in [0.25, 0.3) is 16.8 Å². The first-order valence-electron chi connectivity index (χ1n) is 11.7. The molecule has 9 nitrogen and oxygen atoms in total. The molecule has 0 saturated carbocycles. The topological polar surface area (TPSA) is 119 Å². The Hall–Kier alpha value is -4.69. The number of aromatic nitrogens is 4. The summed E-state index contributed by atoms with van der Waals surface area (Å²) in [6, 6.07) is 2.55. The lowest BCUT2D eigenvalue weighted by Gasteiger charge is -2.18. The molecule has 3 aromatic heterocycles. The van der Waals surface area contributed by atoms with Crippen LogP contribution in [0, 0.1) is 18.6 Å². The number of nitrogens with zero attached hydrogens (tertiary/aromatic N) is 5. The van der Waals surface area contributed by atoms with E-state index in [1.165, 1.54) is 6.92 Å². The van der Waals surface area contributed by atoms with Crippen molar-refractivity contribution >= 4 is 23.1 Å². The second-order valence-electron chi connectivity index (χ2n) is 9.18. The van der Waals surface area contributed by atoms with Crippen LogP contribution in [-0.4, -0.2) is 61.6 Å². The van der Waals surface area contributed by atoms with Gasteiger partial charge in [-0.2, -0.15) is 18.3 Å². The molecule has 1 aromatic carbocycles. The average Bonchev–Trinajstić information content (AvgIpc) is 3.47. The zero-order chi connectivity index (χ0) is 28.9. The van der Waals surface area contributed by atoms with Crippen LogP contribution in [0.5, 0.6) is 0 Å². The number of amides is 2. The lowest BCUT2D eigenvalue weighted by Crippen LogP contribution is -2.42. The minimum Gasteiger partial charge on any atom is -0.382 e. The SMILES string of the molecule is Cc1c(F)cc(-c2cc(C(F)(F)F)c3c(N)ncnn23)cc1C(=O)N[C@@H]1CN(C(=O)c2cncc(F)c2)C[C@@H]1F. The molecular formula is C25H19F6N7O2. The number of hydrogen-bond donors (Lipinski definition) is 2. The number of likely N-dealkylation sites (tertiary alicyclic amines) is 1. The molecule has 1 saturated heterocycles. The van der Waals surface area contributed by atoms with Crippen LogP contribution in [0.4, 0.5) is 32.2 Å². The lowest BCUT2D eigenvalue weighted by molar-refractivity contribution is -0.136. The molecular weight excluding hydrogens is 544 g/mol. The predicted molar refractivity (Wildman–Crippen MR) is 129 cm³/mol. The van der Waals surface area contributed by atoms with Gasteiger partial charge in [0.2, 0.25) is 0 Å². The van der Waals surface area contributed by atoms with E-state index in [4.69, 9.17) is 5.73 Å². The number of nitrogen functional groups attached to an aromatic ring is 1. The Kier molecular flexibility index (Phi) is 6.59. The van der Waals surface area contributed by atoms with Crippen molar-refractivity contribution < 1.29 is 35.9 Å². The van der Waals surface area contributed by atoms with Gasteiger partial charge in [-0.15, -0.1) is 0 Å². The lowest BCUT2D eigenvalue weighted by atomic mass is 10.0. The maximum absolute atomic E-state index is 15.0. The highest BCUT2D eigenvalue weighted by Crippen LogP contribution is 2.39. The molecule has 0 spiro atoms. The minimum absolute atomic E-state index is 0.105. The number of rotatable bonds is 4. The Morgan fingerprint density at radius 1 is 1.10 bits per heavy atom. The second kappa shape index (κ2) is 9.81. The van der Waals surface area contributed by atoms with Crippen molar-refractivity contribution in [3.8, 4) is 11.3 Å². The van der Waals surface area contributed by atoms with Crippen LogP contribution >= 0.6 is 0 Å². The van der Waals surface area contributed by atoms with Crippen molar-refractivity contribution in [1.82, 2.24) is 29.8 Å². The molecule has 15 heteroatoms. The summed E-state index contributed by atoms with van der Waals surface area (Å²) in [4.78, 5) is 34.0. The number of carbonyl (C=O) groups excluding carboxylic acids is 2. The van der Waals surface area contributed by atoms with Crippen molar-refractivity contribution in [2.45, 2.75) is 25.3 Å². The third-order valence-corrected chi connectivity index (χ3v) is 6.58. The molecule has 208 valence electrons. The van der Waals surface area contributed by atoms with Gasteiger partial charge in [0.1, 0.15) is 29.7 Å². The molecule has 2 atom stereocenters. The maximum atomic E-state index is 15.0. The van der Waals surface area contributed by atoms with Gasteiger partial charge in [0.25, 0.3) is 11.8 Å². The van der Waals surface area contributed by atoms with Crippen LogP contribution < -0.4 is 11.1 Å². The summed E-state index contributed by atoms with van der Waals surface area (Å²) >= 11 is 0. The highest BCUT2D eigenvalue weighted by molar-refractivity contribution is 5.98. The monoisotopic (exact) mass is 563 g/mol. The van der Waals surface area contributed by atoms with Gasteiger partial charge in [0.15, 0.2) is 5.82 Å². The maximum Gasteiger partial charge on any atom is 0.418 e. The van der Waals surface area contributed by atoms with E-state index in [1.54, 1.807) is 0 Å². The van der Waals surface area contributed by atoms with Gasteiger partial charge >= 0.3 is 6.18 Å². The summed E-state index contributed by atoms with van der Waals surface area (Å²) in [5, 5.41) is 6.23. The number of benzene rings is 1. The number of nitrogens with two attached hydrogens (primary N) is 1. The number of alkyl halides is 4. The van der Waals surface area contributed by atoms with E-state index in [1.807, 2.05) is 0 Å². The van der Waals surface area contributed by atoms with E-state index in [-0.39, 0.29) is 34.5 Å². The van der Waals surface area contributed by atoms with Crippen molar-refractivity contribution in [2.24, 2.45) is 0 Å². The Morgan fingerprint density at radius 3 is 2.55 bits per heavy atom. The fourth-order valence-electron chi connectivity index (χ4n) is 4.58. The normalized spacial score (nSPS) is 17.4. The van der Waals surface area contributed by atoms with Gasteiger partial charge in [-0.05, 0) is 36.8 Å². The third kappa shape index (κ3) is 4.78. The summed E-state index contributed by atoms with van der Waals surface area (Å²) in [5.41, 5.74) is 3.11. The highest BCUT2D eigenvalue weighted by Gasteiger charge is 2.38. The zero-order valence-corrected chi connectivity index (χ0v) is 20.5. The van der Waals surface area contributed by atoms with Crippen molar-refractivity contribution in [2.75, 3.05) is 18.8 Å². The number of carbonyl (C=O) groups is 2. The van der Waals surface area contributed by atoms with E-state index in [2.05, 4.69) is 20.4 Å². The molecule has 40 heavy (non-hydrogen) atoms. The van der Waals surface area contributed by atoms with Gasteiger partial charge in [-0.1, -0.05) is 0 Å². The summed E-state index contributed by atoms with van der Waals surface area (Å²) in [5.74, 6) is -3.73. The highest BCUT2D eigenvalue weighted by atomic mass is 19.4. The van der Waals surface area contributed by atoms with Gasteiger partial charge < -0.3 is 16.0 Å². The smallest absolute Gasteiger partial charge is 0.382 e. The largest absolute Gasteiger partial charge is 0.418 e. The average molecular weight is 563 g/mol. The van der Waals surface area contributed by atoms with Crippen LogP contribution in [0.2, 0.25) is 0 Å². The Bertz CT molecular complexity index is 1650. The molecule has 5 rings (SSSR count). The first-order chi connectivity index (χ1) is 18.8. The predicted octanol–water partition coefficient (Wildman–Crippen LogP) is 3.57. The number of fused-ring (bicyclic) bond motifs is 1. The molecule has 1 fully saturated rings. The first-order valence-corrected chi connectivity index (χ1v) is 11.7. The third-order valence-electron chi connectivity index (χ3n) is 6.58. The fourth-order valence-corrected chi connectivity index (χ4v) is 4.58. The summed E-state index contributed by atoms with van der Waals surface area (Å²) in [6.45, 7) is 0.614.